The standard InChI is InChI=1S/C22H13F3N2O3/c23-22(24,25)17-10-3-4-11-18(17)26-19(28)13-6-5-7-14(12-13)27-20(29)15-8-1-2-9-16(15)21(27)30/h1-12H,(H,26,28). The number of amides is 3. The summed E-state index contributed by atoms with van der Waals surface area (Å²) in [6.45, 7) is 0. The smallest absolute Gasteiger partial charge is 0.321 e. The number of carbonyl (C=O) groups excluding carboxylic acids is 3. The summed E-state index contributed by atoms with van der Waals surface area (Å²) in [4.78, 5) is 38.7. The molecule has 3 amide bonds. The molecule has 1 N–H and O–H groups in total. The van der Waals surface area contributed by atoms with Gasteiger partial charge in [-0.05, 0) is 42.5 Å². The molecule has 150 valence electrons. The minimum atomic E-state index is -4.63. The molecule has 0 aliphatic carbocycles. The first-order valence-electron chi connectivity index (χ1n) is 8.83. The van der Waals surface area contributed by atoms with Gasteiger partial charge in [0.1, 0.15) is 0 Å². The molecule has 1 heterocycles. The molecule has 1 aliphatic rings. The van der Waals surface area contributed by atoms with Crippen molar-refractivity contribution in [2.75, 3.05) is 10.2 Å². The van der Waals surface area contributed by atoms with Crippen molar-refractivity contribution in [3.05, 3.63) is 95.1 Å². The zero-order chi connectivity index (χ0) is 21.5. The van der Waals surface area contributed by atoms with Gasteiger partial charge in [0.2, 0.25) is 0 Å². The quantitative estimate of drug-likeness (QED) is 0.634. The Morgan fingerprint density at radius 2 is 1.40 bits per heavy atom. The molecule has 0 saturated heterocycles. The number of fused-ring (bicyclic) bond motifs is 1. The average Bonchev–Trinajstić information content (AvgIpc) is 2.98. The maximum Gasteiger partial charge on any atom is 0.418 e. The highest BCUT2D eigenvalue weighted by atomic mass is 19.4. The van der Waals surface area contributed by atoms with Crippen LogP contribution in [0.1, 0.15) is 36.6 Å². The highest BCUT2D eigenvalue weighted by Crippen LogP contribution is 2.35. The van der Waals surface area contributed by atoms with Crippen LogP contribution < -0.4 is 10.2 Å². The van der Waals surface area contributed by atoms with E-state index < -0.39 is 29.5 Å². The van der Waals surface area contributed by atoms with Crippen molar-refractivity contribution in [3.63, 3.8) is 0 Å². The molecule has 0 aromatic heterocycles. The average molecular weight is 410 g/mol. The number of benzene rings is 3. The van der Waals surface area contributed by atoms with Gasteiger partial charge in [0.25, 0.3) is 17.7 Å². The van der Waals surface area contributed by atoms with Gasteiger partial charge in [0.05, 0.1) is 28.1 Å². The first-order chi connectivity index (χ1) is 14.3. The van der Waals surface area contributed by atoms with Crippen LogP contribution in [0.15, 0.2) is 72.8 Å². The first kappa shape index (κ1) is 19.4. The number of para-hydroxylation sites is 1. The lowest BCUT2D eigenvalue weighted by molar-refractivity contribution is -0.136. The van der Waals surface area contributed by atoms with Gasteiger partial charge in [0.15, 0.2) is 0 Å². The Morgan fingerprint density at radius 1 is 0.800 bits per heavy atom. The third-order valence-corrected chi connectivity index (χ3v) is 4.64. The van der Waals surface area contributed by atoms with Crippen LogP contribution >= 0.6 is 0 Å². The van der Waals surface area contributed by atoms with E-state index in [2.05, 4.69) is 5.32 Å². The number of anilines is 2. The highest BCUT2D eigenvalue weighted by Gasteiger charge is 2.37. The van der Waals surface area contributed by atoms with Gasteiger partial charge in [-0.1, -0.05) is 30.3 Å². The number of nitrogens with one attached hydrogen (secondary N) is 1. The molecule has 4 rings (SSSR count). The van der Waals surface area contributed by atoms with E-state index in [1.54, 1.807) is 12.1 Å². The maximum absolute atomic E-state index is 13.2. The molecule has 0 radical (unpaired) electrons. The van der Waals surface area contributed by atoms with Crippen LogP contribution in [0.25, 0.3) is 0 Å². The van der Waals surface area contributed by atoms with Crippen molar-refractivity contribution in [2.24, 2.45) is 0 Å². The predicted octanol–water partition coefficient (Wildman–Crippen LogP) is 4.76. The molecular weight excluding hydrogens is 397 g/mol. The summed E-state index contributed by atoms with van der Waals surface area (Å²) < 4.78 is 39.5. The molecular formula is C22H13F3N2O3. The zero-order valence-corrected chi connectivity index (χ0v) is 15.2. The highest BCUT2D eigenvalue weighted by molar-refractivity contribution is 6.34. The third kappa shape index (κ3) is 3.32. The number of hydrogen-bond acceptors (Lipinski definition) is 3. The predicted molar refractivity (Wildman–Crippen MR) is 103 cm³/mol. The lowest BCUT2D eigenvalue weighted by atomic mass is 10.1. The number of halogens is 3. The van der Waals surface area contributed by atoms with E-state index in [4.69, 9.17) is 0 Å². The second kappa shape index (κ2) is 7.14. The molecule has 0 fully saturated rings. The Hall–Kier alpha value is -3.94. The summed E-state index contributed by atoms with van der Waals surface area (Å²) in [7, 11) is 0. The van der Waals surface area contributed by atoms with Crippen LogP contribution in [0.2, 0.25) is 0 Å². The lowest BCUT2D eigenvalue weighted by Crippen LogP contribution is -2.29. The Bertz CT molecular complexity index is 1150. The molecule has 0 unspecified atom stereocenters. The second-order valence-electron chi connectivity index (χ2n) is 6.54. The van der Waals surface area contributed by atoms with E-state index in [1.165, 1.54) is 48.5 Å². The number of nitrogens with zero attached hydrogens (tertiary/aromatic N) is 1. The minimum Gasteiger partial charge on any atom is -0.321 e. The van der Waals surface area contributed by atoms with Crippen LogP contribution in [0.5, 0.6) is 0 Å². The monoisotopic (exact) mass is 410 g/mol. The van der Waals surface area contributed by atoms with Crippen LogP contribution in [-0.4, -0.2) is 17.7 Å². The van der Waals surface area contributed by atoms with Crippen LogP contribution in [0, 0.1) is 0 Å². The van der Waals surface area contributed by atoms with Crippen molar-refractivity contribution >= 4 is 29.1 Å². The summed E-state index contributed by atoms with van der Waals surface area (Å²) in [5, 5.41) is 2.24. The Morgan fingerprint density at radius 3 is 2.03 bits per heavy atom. The third-order valence-electron chi connectivity index (χ3n) is 4.64. The van der Waals surface area contributed by atoms with E-state index in [0.717, 1.165) is 17.0 Å². The maximum atomic E-state index is 13.2. The number of imide groups is 1. The molecule has 1 aliphatic heterocycles. The summed E-state index contributed by atoms with van der Waals surface area (Å²) in [5.74, 6) is -1.86. The van der Waals surface area contributed by atoms with E-state index in [0.29, 0.717) is 0 Å². The Balaban J connectivity index is 1.63. The first-order valence-corrected chi connectivity index (χ1v) is 8.83. The second-order valence-corrected chi connectivity index (χ2v) is 6.54. The minimum absolute atomic E-state index is 0.000957. The van der Waals surface area contributed by atoms with Gasteiger partial charge >= 0.3 is 6.18 Å². The topological polar surface area (TPSA) is 66.5 Å². The number of rotatable bonds is 3. The van der Waals surface area contributed by atoms with Gasteiger partial charge in [-0.2, -0.15) is 13.2 Å². The molecule has 3 aromatic carbocycles. The van der Waals surface area contributed by atoms with Gasteiger partial charge in [-0.3, -0.25) is 14.4 Å². The summed E-state index contributed by atoms with van der Waals surface area (Å²) in [5.41, 5.74) is -0.720. The molecule has 30 heavy (non-hydrogen) atoms. The molecule has 0 saturated carbocycles. The largest absolute Gasteiger partial charge is 0.418 e. The van der Waals surface area contributed by atoms with E-state index >= 15 is 0 Å². The van der Waals surface area contributed by atoms with E-state index in [1.807, 2.05) is 0 Å². The summed E-state index contributed by atoms with van der Waals surface area (Å²) in [6.07, 6.45) is -4.63. The fraction of sp³-hybridized carbons (Fsp3) is 0.0455. The van der Waals surface area contributed by atoms with Crippen LogP contribution in [-0.2, 0) is 6.18 Å². The summed E-state index contributed by atoms with van der Waals surface area (Å²) in [6, 6.07) is 16.5. The fourth-order valence-corrected chi connectivity index (χ4v) is 3.24. The normalized spacial score (nSPS) is 13.4. The van der Waals surface area contributed by atoms with Gasteiger partial charge in [-0.25, -0.2) is 4.90 Å². The fourth-order valence-electron chi connectivity index (χ4n) is 3.24. The molecule has 0 spiro atoms. The van der Waals surface area contributed by atoms with Crippen LogP contribution in [0.3, 0.4) is 0 Å². The Labute approximate surface area is 168 Å². The van der Waals surface area contributed by atoms with Gasteiger partial charge in [0, 0.05) is 5.56 Å². The number of alkyl halides is 3. The van der Waals surface area contributed by atoms with Crippen molar-refractivity contribution in [3.8, 4) is 0 Å². The molecule has 3 aromatic rings. The molecule has 0 bridgehead atoms. The van der Waals surface area contributed by atoms with Crippen LogP contribution in [0.4, 0.5) is 24.5 Å². The van der Waals surface area contributed by atoms with E-state index in [-0.39, 0.29) is 28.1 Å². The van der Waals surface area contributed by atoms with Crippen molar-refractivity contribution in [1.82, 2.24) is 0 Å². The summed E-state index contributed by atoms with van der Waals surface area (Å²) >= 11 is 0. The number of carbonyl (C=O) groups is 3. The van der Waals surface area contributed by atoms with Gasteiger partial charge < -0.3 is 5.32 Å². The van der Waals surface area contributed by atoms with Crippen molar-refractivity contribution in [2.45, 2.75) is 6.18 Å². The lowest BCUT2D eigenvalue weighted by Gasteiger charge is -2.16. The molecule has 0 atom stereocenters. The molecule has 8 heteroatoms. The Kier molecular flexibility index (Phi) is 4.62. The van der Waals surface area contributed by atoms with Crippen molar-refractivity contribution < 1.29 is 27.6 Å². The van der Waals surface area contributed by atoms with E-state index in [9.17, 15) is 27.6 Å². The zero-order valence-electron chi connectivity index (χ0n) is 15.2. The SMILES string of the molecule is O=C(Nc1ccccc1C(F)(F)F)c1cccc(N2C(=O)c3ccccc3C2=O)c1. The van der Waals surface area contributed by atoms with Crippen molar-refractivity contribution in [1.29, 1.82) is 0 Å². The van der Waals surface area contributed by atoms with Gasteiger partial charge in [-0.15, -0.1) is 0 Å². The number of hydrogen-bond donors (Lipinski definition) is 1. The molecule has 5 nitrogen and oxygen atoms in total.